The van der Waals surface area contributed by atoms with Crippen LogP contribution < -0.4 is 4.74 Å². The number of alkyl halides is 3. The molecule has 24 heavy (non-hydrogen) atoms. The number of benzene rings is 1. The van der Waals surface area contributed by atoms with E-state index in [1.165, 1.54) is 12.1 Å². The highest BCUT2D eigenvalue weighted by Gasteiger charge is 2.30. The second-order valence-electron chi connectivity index (χ2n) is 5.17. The van der Waals surface area contributed by atoms with Gasteiger partial charge in [-0.25, -0.2) is 0 Å². The summed E-state index contributed by atoms with van der Waals surface area (Å²) < 4.78 is 40.5. The average molecular weight is 330 g/mol. The minimum atomic E-state index is -4.69. The van der Waals surface area contributed by atoms with Gasteiger partial charge in [0.25, 0.3) is 0 Å². The van der Waals surface area contributed by atoms with Crippen molar-refractivity contribution in [2.45, 2.75) is 13.3 Å². The van der Waals surface area contributed by atoms with Gasteiger partial charge in [0.2, 0.25) is 0 Å². The average Bonchev–Trinajstić information content (AvgIpc) is 2.54. The third-order valence-corrected chi connectivity index (χ3v) is 3.33. The van der Waals surface area contributed by atoms with Gasteiger partial charge in [0.15, 0.2) is 0 Å². The summed E-state index contributed by atoms with van der Waals surface area (Å²) in [5.41, 5.74) is 3.93. The molecule has 0 aliphatic heterocycles. The van der Waals surface area contributed by atoms with E-state index < -0.39 is 6.36 Å². The number of nitrogens with zero attached hydrogens (tertiary/aromatic N) is 2. The molecule has 6 heteroatoms. The van der Waals surface area contributed by atoms with Gasteiger partial charge in [0.1, 0.15) is 5.75 Å². The smallest absolute Gasteiger partial charge is 0.406 e. The number of halogens is 3. The number of hydrogen-bond donors (Lipinski definition) is 0. The highest BCUT2D eigenvalue weighted by atomic mass is 19.4. The zero-order chi connectivity index (χ0) is 17.2. The van der Waals surface area contributed by atoms with Crippen molar-refractivity contribution in [1.29, 1.82) is 0 Å². The summed E-state index contributed by atoms with van der Waals surface area (Å²) in [6.07, 6.45) is -3.04. The van der Waals surface area contributed by atoms with Gasteiger partial charge >= 0.3 is 6.36 Å². The van der Waals surface area contributed by atoms with Crippen molar-refractivity contribution in [2.24, 2.45) is 0 Å². The van der Waals surface area contributed by atoms with Crippen LogP contribution in [0.4, 0.5) is 13.2 Å². The Labute approximate surface area is 136 Å². The molecule has 0 aliphatic carbocycles. The predicted octanol–water partition coefficient (Wildman–Crippen LogP) is 5.02. The zero-order valence-electron chi connectivity index (χ0n) is 12.7. The second kappa shape index (κ2) is 6.31. The van der Waals surface area contributed by atoms with Gasteiger partial charge < -0.3 is 4.74 Å². The molecule has 0 fully saturated rings. The van der Waals surface area contributed by atoms with E-state index in [4.69, 9.17) is 0 Å². The van der Waals surface area contributed by atoms with Crippen LogP contribution >= 0.6 is 0 Å². The lowest BCUT2D eigenvalue weighted by atomic mass is 10.1. The first kappa shape index (κ1) is 16.0. The van der Waals surface area contributed by atoms with Crippen molar-refractivity contribution in [2.75, 3.05) is 0 Å². The summed E-state index contributed by atoms with van der Waals surface area (Å²) in [6, 6.07) is 15.0. The summed E-state index contributed by atoms with van der Waals surface area (Å²) >= 11 is 0. The largest absolute Gasteiger partial charge is 0.573 e. The maximum atomic E-state index is 12.2. The molecular formula is C18H13F3N2O. The number of rotatable bonds is 3. The van der Waals surface area contributed by atoms with Crippen LogP contribution in [0.2, 0.25) is 0 Å². The SMILES string of the molecule is Cc1cccc(-c2cc(-c3ccc(OC(F)(F)F)cc3)ccn2)n1. The number of ether oxygens (including phenoxy) is 1. The van der Waals surface area contributed by atoms with E-state index in [0.29, 0.717) is 5.69 Å². The summed E-state index contributed by atoms with van der Waals surface area (Å²) in [4.78, 5) is 8.73. The monoisotopic (exact) mass is 330 g/mol. The molecule has 0 radical (unpaired) electrons. The lowest BCUT2D eigenvalue weighted by Crippen LogP contribution is -2.16. The van der Waals surface area contributed by atoms with Crippen molar-refractivity contribution in [3.8, 4) is 28.3 Å². The van der Waals surface area contributed by atoms with Crippen LogP contribution in [-0.2, 0) is 0 Å². The third kappa shape index (κ3) is 3.90. The fourth-order valence-electron chi connectivity index (χ4n) is 2.28. The Hall–Kier alpha value is -2.89. The molecule has 0 amide bonds. The first-order valence-electron chi connectivity index (χ1n) is 7.17. The summed E-state index contributed by atoms with van der Waals surface area (Å²) in [6.45, 7) is 1.90. The lowest BCUT2D eigenvalue weighted by molar-refractivity contribution is -0.274. The molecule has 1 aromatic carbocycles. The quantitative estimate of drug-likeness (QED) is 0.676. The van der Waals surface area contributed by atoms with Gasteiger partial charge in [-0.05, 0) is 54.4 Å². The Morgan fingerprint density at radius 1 is 0.875 bits per heavy atom. The molecule has 0 spiro atoms. The first-order chi connectivity index (χ1) is 11.4. The fourth-order valence-corrected chi connectivity index (χ4v) is 2.28. The van der Waals surface area contributed by atoms with Crippen molar-refractivity contribution in [1.82, 2.24) is 9.97 Å². The predicted molar refractivity (Wildman–Crippen MR) is 84.3 cm³/mol. The van der Waals surface area contributed by atoms with Gasteiger partial charge in [0, 0.05) is 11.9 Å². The highest BCUT2D eigenvalue weighted by Crippen LogP contribution is 2.28. The van der Waals surface area contributed by atoms with E-state index in [2.05, 4.69) is 14.7 Å². The number of aromatic nitrogens is 2. The number of hydrogen-bond acceptors (Lipinski definition) is 3. The molecule has 0 bridgehead atoms. The molecule has 0 saturated carbocycles. The standard InChI is InChI=1S/C18H13F3N2O/c1-12-3-2-4-16(23-12)17-11-14(9-10-22-17)13-5-7-15(8-6-13)24-18(19,20)21/h2-11H,1H3. The molecule has 3 rings (SSSR count). The fraction of sp³-hybridized carbons (Fsp3) is 0.111. The van der Waals surface area contributed by atoms with Gasteiger partial charge in [-0.15, -0.1) is 13.2 Å². The topological polar surface area (TPSA) is 35.0 Å². The van der Waals surface area contributed by atoms with E-state index in [1.54, 1.807) is 24.4 Å². The van der Waals surface area contributed by atoms with Crippen LogP contribution in [0.5, 0.6) is 5.75 Å². The second-order valence-corrected chi connectivity index (χ2v) is 5.17. The highest BCUT2D eigenvalue weighted by molar-refractivity contribution is 5.69. The summed E-state index contributed by atoms with van der Waals surface area (Å²) in [5, 5.41) is 0. The minimum Gasteiger partial charge on any atom is -0.406 e. The van der Waals surface area contributed by atoms with Gasteiger partial charge in [-0.1, -0.05) is 18.2 Å². The maximum absolute atomic E-state index is 12.2. The molecule has 0 unspecified atom stereocenters. The molecule has 0 aliphatic rings. The van der Waals surface area contributed by atoms with Gasteiger partial charge in [0.05, 0.1) is 11.4 Å². The molecule has 122 valence electrons. The van der Waals surface area contributed by atoms with Crippen molar-refractivity contribution >= 4 is 0 Å². The van der Waals surface area contributed by atoms with Crippen LogP contribution in [-0.4, -0.2) is 16.3 Å². The Bertz CT molecular complexity index is 845. The normalized spacial score (nSPS) is 11.3. The van der Waals surface area contributed by atoms with E-state index in [9.17, 15) is 13.2 Å². The third-order valence-electron chi connectivity index (χ3n) is 3.33. The van der Waals surface area contributed by atoms with E-state index >= 15 is 0 Å². The molecule has 3 aromatic rings. The van der Waals surface area contributed by atoms with E-state index in [0.717, 1.165) is 22.5 Å². The Balaban J connectivity index is 1.89. The van der Waals surface area contributed by atoms with Crippen LogP contribution in [0.1, 0.15) is 5.69 Å². The molecule has 2 heterocycles. The van der Waals surface area contributed by atoms with E-state index in [1.807, 2.05) is 31.2 Å². The van der Waals surface area contributed by atoms with E-state index in [-0.39, 0.29) is 5.75 Å². The first-order valence-corrected chi connectivity index (χ1v) is 7.17. The number of pyridine rings is 2. The molecule has 0 saturated heterocycles. The molecule has 0 atom stereocenters. The van der Waals surface area contributed by atoms with Crippen LogP contribution in [0, 0.1) is 6.92 Å². The van der Waals surface area contributed by atoms with Crippen LogP contribution in [0.3, 0.4) is 0 Å². The van der Waals surface area contributed by atoms with Crippen molar-refractivity contribution in [3.63, 3.8) is 0 Å². The summed E-state index contributed by atoms with van der Waals surface area (Å²) in [5.74, 6) is -0.249. The van der Waals surface area contributed by atoms with Crippen molar-refractivity contribution < 1.29 is 17.9 Å². The maximum Gasteiger partial charge on any atom is 0.573 e. The van der Waals surface area contributed by atoms with Crippen molar-refractivity contribution in [3.05, 3.63) is 66.5 Å². The Kier molecular flexibility index (Phi) is 4.20. The lowest BCUT2D eigenvalue weighted by Gasteiger charge is -2.10. The van der Waals surface area contributed by atoms with Gasteiger partial charge in [-0.3, -0.25) is 9.97 Å². The molecule has 3 nitrogen and oxygen atoms in total. The van der Waals surface area contributed by atoms with Crippen LogP contribution in [0.15, 0.2) is 60.8 Å². The minimum absolute atomic E-state index is 0.249. The number of aryl methyl sites for hydroxylation is 1. The zero-order valence-corrected chi connectivity index (χ0v) is 12.7. The molecule has 0 N–H and O–H groups in total. The molecule has 2 aromatic heterocycles. The van der Waals surface area contributed by atoms with Crippen LogP contribution in [0.25, 0.3) is 22.5 Å². The van der Waals surface area contributed by atoms with Gasteiger partial charge in [-0.2, -0.15) is 0 Å². The molecular weight excluding hydrogens is 317 g/mol. The Morgan fingerprint density at radius 3 is 2.29 bits per heavy atom. The summed E-state index contributed by atoms with van der Waals surface area (Å²) in [7, 11) is 0. The Morgan fingerprint density at radius 2 is 1.62 bits per heavy atom.